The Balaban J connectivity index is 1.71. The zero-order valence-electron chi connectivity index (χ0n) is 23.6. The molecule has 6 aromatic rings. The van der Waals surface area contributed by atoms with Crippen molar-refractivity contribution in [2.45, 2.75) is 41.5 Å². The Labute approximate surface area is 231 Å². The summed E-state index contributed by atoms with van der Waals surface area (Å²) in [7, 11) is 0. The third-order valence-corrected chi connectivity index (χ3v) is 7.62. The Kier molecular flexibility index (Phi) is 6.23. The standard InChI is InChI=1S/C38H34O/c1-23-15-24(2)18-31(17-23)35-27(5)21-29-11-7-9-13-33(29)37(35)39-38-34-14-10-8-12-30(34)22-28(6)36(38)32-19-25(3)16-26(4)20-32/h7-22H,1-6H3. The van der Waals surface area contributed by atoms with Gasteiger partial charge in [0.2, 0.25) is 0 Å². The van der Waals surface area contributed by atoms with Crippen LogP contribution < -0.4 is 4.74 Å². The Morgan fingerprint density at radius 3 is 1.15 bits per heavy atom. The normalized spacial score (nSPS) is 11.3. The van der Waals surface area contributed by atoms with Gasteiger partial charge in [0, 0.05) is 21.9 Å². The predicted molar refractivity (Wildman–Crippen MR) is 167 cm³/mol. The van der Waals surface area contributed by atoms with Crippen LogP contribution in [0, 0.1) is 41.5 Å². The molecule has 192 valence electrons. The molecule has 0 saturated carbocycles. The molecule has 1 nitrogen and oxygen atoms in total. The molecule has 0 aliphatic carbocycles. The molecule has 0 amide bonds. The largest absolute Gasteiger partial charge is 0.455 e. The second-order valence-electron chi connectivity index (χ2n) is 11.1. The molecule has 0 radical (unpaired) electrons. The molecule has 1 heteroatoms. The van der Waals surface area contributed by atoms with Gasteiger partial charge in [-0.15, -0.1) is 0 Å². The Morgan fingerprint density at radius 1 is 0.410 bits per heavy atom. The van der Waals surface area contributed by atoms with Gasteiger partial charge >= 0.3 is 0 Å². The second kappa shape index (κ2) is 9.75. The van der Waals surface area contributed by atoms with E-state index in [1.165, 1.54) is 55.3 Å². The van der Waals surface area contributed by atoms with Crippen LogP contribution >= 0.6 is 0 Å². The first-order valence-corrected chi connectivity index (χ1v) is 13.7. The summed E-state index contributed by atoms with van der Waals surface area (Å²) in [6.07, 6.45) is 0. The zero-order valence-corrected chi connectivity index (χ0v) is 23.6. The minimum absolute atomic E-state index is 0.914. The number of benzene rings is 6. The van der Waals surface area contributed by atoms with Crippen molar-refractivity contribution in [2.24, 2.45) is 0 Å². The van der Waals surface area contributed by atoms with Crippen LogP contribution in [0.25, 0.3) is 43.8 Å². The van der Waals surface area contributed by atoms with Crippen molar-refractivity contribution in [3.8, 4) is 33.8 Å². The fourth-order valence-corrected chi connectivity index (χ4v) is 6.17. The number of rotatable bonds is 4. The predicted octanol–water partition coefficient (Wildman–Crippen LogP) is 11.0. The summed E-state index contributed by atoms with van der Waals surface area (Å²) in [4.78, 5) is 0. The average molecular weight is 507 g/mol. The maximum absolute atomic E-state index is 7.30. The van der Waals surface area contributed by atoms with Crippen LogP contribution in [0.3, 0.4) is 0 Å². The van der Waals surface area contributed by atoms with Crippen molar-refractivity contribution < 1.29 is 4.74 Å². The van der Waals surface area contributed by atoms with Gasteiger partial charge in [0.15, 0.2) is 0 Å². The summed E-state index contributed by atoms with van der Waals surface area (Å²) in [5.74, 6) is 1.83. The number of hydrogen-bond donors (Lipinski definition) is 0. The minimum atomic E-state index is 0.914. The molecule has 0 unspecified atom stereocenters. The maximum Gasteiger partial charge on any atom is 0.143 e. The van der Waals surface area contributed by atoms with Crippen molar-refractivity contribution in [1.82, 2.24) is 0 Å². The number of hydrogen-bond acceptors (Lipinski definition) is 1. The van der Waals surface area contributed by atoms with Crippen LogP contribution in [-0.2, 0) is 0 Å². The third-order valence-electron chi connectivity index (χ3n) is 7.62. The number of aryl methyl sites for hydroxylation is 6. The molecule has 0 aliphatic heterocycles. The topological polar surface area (TPSA) is 9.23 Å². The van der Waals surface area contributed by atoms with E-state index in [0.29, 0.717) is 0 Å². The van der Waals surface area contributed by atoms with E-state index >= 15 is 0 Å². The second-order valence-corrected chi connectivity index (χ2v) is 11.1. The summed E-state index contributed by atoms with van der Waals surface area (Å²) in [6.45, 7) is 13.1. The first-order chi connectivity index (χ1) is 18.8. The van der Waals surface area contributed by atoms with E-state index in [2.05, 4.69) is 139 Å². The summed E-state index contributed by atoms with van der Waals surface area (Å²) < 4.78 is 7.30. The Hall–Kier alpha value is -4.36. The molecular weight excluding hydrogens is 472 g/mol. The molecule has 0 heterocycles. The highest BCUT2D eigenvalue weighted by Crippen LogP contribution is 2.48. The van der Waals surface area contributed by atoms with Gasteiger partial charge in [0.25, 0.3) is 0 Å². The lowest BCUT2D eigenvalue weighted by molar-refractivity contribution is 0.497. The molecule has 0 aliphatic rings. The van der Waals surface area contributed by atoms with E-state index in [9.17, 15) is 0 Å². The van der Waals surface area contributed by atoms with E-state index in [0.717, 1.165) is 33.4 Å². The zero-order chi connectivity index (χ0) is 27.3. The van der Waals surface area contributed by atoms with Gasteiger partial charge in [-0.2, -0.15) is 0 Å². The first-order valence-electron chi connectivity index (χ1n) is 13.7. The SMILES string of the molecule is Cc1cc(C)cc(-c2c(C)cc3ccccc3c2Oc2c(-c3cc(C)cc(C)c3)c(C)cc3ccccc23)c1. The molecule has 0 fully saturated rings. The molecule has 0 aromatic heterocycles. The van der Waals surface area contributed by atoms with E-state index < -0.39 is 0 Å². The molecule has 0 saturated heterocycles. The van der Waals surface area contributed by atoms with Crippen molar-refractivity contribution >= 4 is 21.5 Å². The minimum Gasteiger partial charge on any atom is -0.455 e. The van der Waals surface area contributed by atoms with E-state index in [-0.39, 0.29) is 0 Å². The number of fused-ring (bicyclic) bond motifs is 2. The van der Waals surface area contributed by atoms with Crippen LogP contribution in [0.4, 0.5) is 0 Å². The summed E-state index contributed by atoms with van der Waals surface area (Å²) in [5.41, 5.74) is 12.1. The fraction of sp³-hybridized carbons (Fsp3) is 0.158. The molecule has 0 N–H and O–H groups in total. The summed E-state index contributed by atoms with van der Waals surface area (Å²) >= 11 is 0. The third kappa shape index (κ3) is 4.59. The Morgan fingerprint density at radius 2 is 0.769 bits per heavy atom. The Bertz CT molecular complexity index is 1710. The quantitative estimate of drug-likeness (QED) is 0.231. The summed E-state index contributed by atoms with van der Waals surface area (Å²) in [6, 6.07) is 35.3. The summed E-state index contributed by atoms with van der Waals surface area (Å²) in [5, 5.41) is 4.61. The van der Waals surface area contributed by atoms with Gasteiger partial charge in [-0.3, -0.25) is 0 Å². The van der Waals surface area contributed by atoms with E-state index in [1.807, 2.05) is 0 Å². The lowest BCUT2D eigenvalue weighted by atomic mass is 9.91. The van der Waals surface area contributed by atoms with Crippen LogP contribution in [0.5, 0.6) is 11.5 Å². The number of ether oxygens (including phenoxy) is 1. The first kappa shape index (κ1) is 24.9. The van der Waals surface area contributed by atoms with Crippen LogP contribution in [0.2, 0.25) is 0 Å². The van der Waals surface area contributed by atoms with E-state index in [1.54, 1.807) is 0 Å². The highest BCUT2D eigenvalue weighted by molar-refractivity contribution is 6.01. The van der Waals surface area contributed by atoms with Gasteiger partial charge in [0.05, 0.1) is 0 Å². The van der Waals surface area contributed by atoms with Crippen LogP contribution in [0.15, 0.2) is 97.1 Å². The lowest BCUT2D eigenvalue weighted by Crippen LogP contribution is -1.98. The van der Waals surface area contributed by atoms with Gasteiger partial charge < -0.3 is 4.74 Å². The lowest BCUT2D eigenvalue weighted by Gasteiger charge is -2.22. The van der Waals surface area contributed by atoms with Crippen LogP contribution in [-0.4, -0.2) is 0 Å². The monoisotopic (exact) mass is 506 g/mol. The highest BCUT2D eigenvalue weighted by atomic mass is 16.5. The smallest absolute Gasteiger partial charge is 0.143 e. The molecule has 6 rings (SSSR count). The van der Waals surface area contributed by atoms with Crippen molar-refractivity contribution in [3.05, 3.63) is 130 Å². The molecule has 0 bridgehead atoms. The van der Waals surface area contributed by atoms with Crippen molar-refractivity contribution in [3.63, 3.8) is 0 Å². The maximum atomic E-state index is 7.30. The van der Waals surface area contributed by atoms with E-state index in [4.69, 9.17) is 4.74 Å². The van der Waals surface area contributed by atoms with Gasteiger partial charge in [-0.25, -0.2) is 0 Å². The average Bonchev–Trinajstić information content (AvgIpc) is 2.87. The van der Waals surface area contributed by atoms with Gasteiger partial charge in [0.1, 0.15) is 11.5 Å². The molecule has 6 aromatic carbocycles. The molecule has 0 spiro atoms. The molecule has 0 atom stereocenters. The van der Waals surface area contributed by atoms with Gasteiger partial charge in [-0.1, -0.05) is 119 Å². The van der Waals surface area contributed by atoms with Crippen molar-refractivity contribution in [1.29, 1.82) is 0 Å². The molecular formula is C38H34O. The molecule has 39 heavy (non-hydrogen) atoms. The van der Waals surface area contributed by atoms with Gasteiger partial charge in [-0.05, 0) is 74.6 Å². The van der Waals surface area contributed by atoms with Crippen molar-refractivity contribution in [2.75, 3.05) is 0 Å². The highest BCUT2D eigenvalue weighted by Gasteiger charge is 2.21. The van der Waals surface area contributed by atoms with Crippen LogP contribution in [0.1, 0.15) is 33.4 Å². The fourth-order valence-electron chi connectivity index (χ4n) is 6.17.